The predicted octanol–water partition coefficient (Wildman–Crippen LogP) is 1.21. The molecule has 0 unspecified atom stereocenters. The van der Waals surface area contributed by atoms with Gasteiger partial charge in [-0.25, -0.2) is 4.79 Å². The summed E-state index contributed by atoms with van der Waals surface area (Å²) in [6, 6.07) is 2.07. The van der Waals surface area contributed by atoms with Crippen LogP contribution in [-0.2, 0) is 7.05 Å². The van der Waals surface area contributed by atoms with Gasteiger partial charge in [0.2, 0.25) is 0 Å². The third-order valence-corrected chi connectivity index (χ3v) is 2.15. The van der Waals surface area contributed by atoms with Crippen molar-refractivity contribution < 1.29 is 19.6 Å². The van der Waals surface area contributed by atoms with Crippen LogP contribution in [-0.4, -0.2) is 30.8 Å². The molecule has 0 saturated heterocycles. The molecule has 0 spiro atoms. The van der Waals surface area contributed by atoms with Gasteiger partial charge in [-0.2, -0.15) is 10.1 Å². The number of rotatable bonds is 4. The molecule has 0 aliphatic carbocycles. The van der Waals surface area contributed by atoms with Crippen molar-refractivity contribution in [2.45, 2.75) is 0 Å². The molecule has 98 valence electrons. The third kappa shape index (κ3) is 2.65. The summed E-state index contributed by atoms with van der Waals surface area (Å²) in [4.78, 5) is 24.5. The van der Waals surface area contributed by atoms with Crippen LogP contribution in [0.2, 0.25) is 0 Å². The van der Waals surface area contributed by atoms with Gasteiger partial charge in [-0.3, -0.25) is 14.8 Å². The number of ether oxygens (including phenoxy) is 1. The molecular weight excluding hydrogens is 256 g/mol. The first kappa shape index (κ1) is 12.5. The summed E-state index contributed by atoms with van der Waals surface area (Å²) in [7, 11) is 1.64. The lowest BCUT2D eigenvalue weighted by atomic mass is 10.3. The molecule has 2 rings (SSSR count). The van der Waals surface area contributed by atoms with Gasteiger partial charge in [0.1, 0.15) is 0 Å². The zero-order chi connectivity index (χ0) is 14.0. The maximum absolute atomic E-state index is 10.8. The van der Waals surface area contributed by atoms with Gasteiger partial charge in [-0.05, 0) is 6.07 Å². The van der Waals surface area contributed by atoms with Gasteiger partial charge >= 0.3 is 17.5 Å². The Kier molecular flexibility index (Phi) is 3.10. The Hall–Kier alpha value is -2.97. The zero-order valence-corrected chi connectivity index (χ0v) is 9.68. The molecule has 19 heavy (non-hydrogen) atoms. The topological polar surface area (TPSA) is 120 Å². The highest BCUT2D eigenvalue weighted by Gasteiger charge is 2.20. The molecule has 1 N–H and O–H groups in total. The van der Waals surface area contributed by atoms with E-state index in [1.807, 2.05) is 0 Å². The van der Waals surface area contributed by atoms with Crippen molar-refractivity contribution in [3.05, 3.63) is 40.3 Å². The van der Waals surface area contributed by atoms with Crippen LogP contribution in [0.1, 0.15) is 10.5 Å². The summed E-state index contributed by atoms with van der Waals surface area (Å²) >= 11 is 0. The lowest BCUT2D eigenvalue weighted by Crippen LogP contribution is -2.03. The van der Waals surface area contributed by atoms with E-state index in [9.17, 15) is 14.9 Å². The minimum Gasteiger partial charge on any atom is -0.477 e. The molecule has 9 nitrogen and oxygen atoms in total. The van der Waals surface area contributed by atoms with E-state index >= 15 is 0 Å². The van der Waals surface area contributed by atoms with Crippen LogP contribution < -0.4 is 4.74 Å². The van der Waals surface area contributed by atoms with Crippen LogP contribution in [0.25, 0.3) is 0 Å². The van der Waals surface area contributed by atoms with E-state index in [0.29, 0.717) is 0 Å². The Bertz CT molecular complexity index is 651. The van der Waals surface area contributed by atoms with E-state index in [-0.39, 0.29) is 11.4 Å². The van der Waals surface area contributed by atoms with Crippen molar-refractivity contribution in [2.75, 3.05) is 0 Å². The third-order valence-electron chi connectivity index (χ3n) is 2.15. The summed E-state index contributed by atoms with van der Waals surface area (Å²) in [6.07, 6.45) is 2.80. The van der Waals surface area contributed by atoms with Crippen molar-refractivity contribution in [1.82, 2.24) is 14.8 Å². The maximum atomic E-state index is 10.8. The van der Waals surface area contributed by atoms with Crippen molar-refractivity contribution in [1.29, 1.82) is 0 Å². The number of aromatic nitrogens is 3. The fraction of sp³-hybridized carbons (Fsp3) is 0.100. The van der Waals surface area contributed by atoms with Gasteiger partial charge in [0.25, 0.3) is 0 Å². The lowest BCUT2D eigenvalue weighted by Gasteiger charge is -2.03. The number of hydrogen-bond donors (Lipinski definition) is 1. The van der Waals surface area contributed by atoms with Crippen molar-refractivity contribution in [3.63, 3.8) is 0 Å². The molecular formula is C10H8N4O5. The molecule has 0 fully saturated rings. The molecule has 0 aliphatic heterocycles. The van der Waals surface area contributed by atoms with Crippen LogP contribution >= 0.6 is 0 Å². The first-order chi connectivity index (χ1) is 8.97. The Balaban J connectivity index is 2.42. The Morgan fingerprint density at radius 2 is 2.26 bits per heavy atom. The van der Waals surface area contributed by atoms with Crippen LogP contribution in [0.5, 0.6) is 11.6 Å². The minimum absolute atomic E-state index is 0.223. The van der Waals surface area contributed by atoms with E-state index in [1.54, 1.807) is 7.05 Å². The molecule has 0 amide bonds. The highest BCUT2D eigenvalue weighted by molar-refractivity contribution is 5.85. The molecule has 2 aromatic rings. The summed E-state index contributed by atoms with van der Waals surface area (Å²) in [5.74, 6) is -1.47. The van der Waals surface area contributed by atoms with E-state index in [4.69, 9.17) is 9.84 Å². The average Bonchev–Trinajstić information content (AvgIpc) is 2.74. The molecule has 0 atom stereocenters. The van der Waals surface area contributed by atoms with Crippen molar-refractivity contribution in [3.8, 4) is 11.6 Å². The summed E-state index contributed by atoms with van der Waals surface area (Å²) in [5.41, 5.74) is -0.765. The largest absolute Gasteiger partial charge is 0.477 e. The predicted molar refractivity (Wildman–Crippen MR) is 61.1 cm³/mol. The van der Waals surface area contributed by atoms with E-state index in [2.05, 4.69) is 10.1 Å². The number of carbonyl (C=O) groups is 1. The van der Waals surface area contributed by atoms with E-state index in [0.717, 1.165) is 12.1 Å². The lowest BCUT2D eigenvalue weighted by molar-refractivity contribution is -0.386. The molecule has 0 aliphatic rings. The SMILES string of the molecule is Cn1cc(Oc2nc(C(=O)O)ccc2[N+](=O)[O-])cn1. The highest BCUT2D eigenvalue weighted by Crippen LogP contribution is 2.29. The minimum atomic E-state index is -1.30. The fourth-order valence-electron chi connectivity index (χ4n) is 1.33. The summed E-state index contributed by atoms with van der Waals surface area (Å²) < 4.78 is 6.62. The normalized spacial score (nSPS) is 10.2. The molecule has 0 radical (unpaired) electrons. The first-order valence-electron chi connectivity index (χ1n) is 5.02. The van der Waals surface area contributed by atoms with Crippen molar-refractivity contribution >= 4 is 11.7 Å². The zero-order valence-electron chi connectivity index (χ0n) is 9.68. The Morgan fingerprint density at radius 1 is 1.53 bits per heavy atom. The standard InChI is InChI=1S/C10H8N4O5/c1-13-5-6(4-11-13)19-9-8(14(17)18)3-2-7(12-9)10(15)16/h2-5H,1H3,(H,15,16). The molecule has 2 heterocycles. The van der Waals surface area contributed by atoms with Crippen LogP contribution in [0, 0.1) is 10.1 Å². The molecule has 0 saturated carbocycles. The van der Waals surface area contributed by atoms with Crippen molar-refractivity contribution in [2.24, 2.45) is 7.05 Å². The van der Waals surface area contributed by atoms with Gasteiger partial charge < -0.3 is 9.84 Å². The molecule has 0 aromatic carbocycles. The van der Waals surface area contributed by atoms with Gasteiger partial charge in [-0.1, -0.05) is 0 Å². The van der Waals surface area contributed by atoms with E-state index in [1.165, 1.54) is 17.1 Å². The smallest absolute Gasteiger partial charge is 0.354 e. The Morgan fingerprint density at radius 3 is 2.79 bits per heavy atom. The number of aryl methyl sites for hydroxylation is 1. The maximum Gasteiger partial charge on any atom is 0.354 e. The number of carboxylic acids is 1. The molecule has 9 heteroatoms. The highest BCUT2D eigenvalue weighted by atomic mass is 16.6. The van der Waals surface area contributed by atoms with Crippen LogP contribution in [0.15, 0.2) is 24.5 Å². The molecule has 2 aromatic heterocycles. The number of carboxylic acid groups (broad SMARTS) is 1. The number of nitro groups is 1. The number of hydrogen-bond acceptors (Lipinski definition) is 6. The van der Waals surface area contributed by atoms with Crippen LogP contribution in [0.3, 0.4) is 0 Å². The number of nitrogens with zero attached hydrogens (tertiary/aromatic N) is 4. The second kappa shape index (κ2) is 4.72. The monoisotopic (exact) mass is 264 g/mol. The average molecular weight is 264 g/mol. The van der Waals surface area contributed by atoms with Crippen LogP contribution in [0.4, 0.5) is 5.69 Å². The quantitative estimate of drug-likeness (QED) is 0.650. The van der Waals surface area contributed by atoms with Gasteiger partial charge in [-0.15, -0.1) is 0 Å². The number of pyridine rings is 1. The second-order valence-corrected chi connectivity index (χ2v) is 3.53. The Labute approximate surface area is 106 Å². The fourth-order valence-corrected chi connectivity index (χ4v) is 1.33. The first-order valence-corrected chi connectivity index (χ1v) is 5.02. The second-order valence-electron chi connectivity index (χ2n) is 3.53. The number of aromatic carboxylic acids is 1. The van der Waals surface area contributed by atoms with Gasteiger partial charge in [0.15, 0.2) is 11.4 Å². The summed E-state index contributed by atoms with van der Waals surface area (Å²) in [6.45, 7) is 0. The van der Waals surface area contributed by atoms with Gasteiger partial charge in [0.05, 0.1) is 17.3 Å². The van der Waals surface area contributed by atoms with Gasteiger partial charge in [0, 0.05) is 13.1 Å². The summed E-state index contributed by atoms with van der Waals surface area (Å²) in [5, 5.41) is 23.4. The van der Waals surface area contributed by atoms with E-state index < -0.39 is 22.5 Å². The molecule has 0 bridgehead atoms.